The first-order chi connectivity index (χ1) is 16.8. The van der Waals surface area contributed by atoms with Crippen LogP contribution in [0.5, 0.6) is 0 Å². The van der Waals surface area contributed by atoms with Crippen LogP contribution in [-0.4, -0.2) is 38.8 Å². The number of imide groups is 2. The lowest BCUT2D eigenvalue weighted by molar-refractivity contribution is -0.386. The summed E-state index contributed by atoms with van der Waals surface area (Å²) in [6, 6.07) is 20.9. The number of urea groups is 1. The number of nitrogens with zero attached hydrogens (tertiary/aromatic N) is 3. The molecule has 9 nitrogen and oxygen atoms in total. The highest BCUT2D eigenvalue weighted by molar-refractivity contribution is 6.25. The number of amides is 4. The first kappa shape index (κ1) is 23.8. The molecule has 0 saturated carbocycles. The van der Waals surface area contributed by atoms with E-state index >= 15 is 0 Å². The van der Waals surface area contributed by atoms with Crippen LogP contribution in [0.25, 0.3) is 0 Å². The normalized spacial score (nSPS) is 17.4. The smallest absolute Gasteiger partial charge is 0.338 e. The Morgan fingerprint density at radius 2 is 1.54 bits per heavy atom. The Labute approximate surface area is 201 Å². The van der Waals surface area contributed by atoms with Crippen molar-refractivity contribution in [3.05, 3.63) is 106 Å². The predicted molar refractivity (Wildman–Crippen MR) is 127 cm³/mol. The zero-order chi connectivity index (χ0) is 25.1. The molecule has 1 saturated heterocycles. The van der Waals surface area contributed by atoms with E-state index in [2.05, 4.69) is 0 Å². The Morgan fingerprint density at radius 3 is 2.17 bits per heavy atom. The van der Waals surface area contributed by atoms with E-state index in [9.17, 15) is 29.6 Å². The molecule has 1 aliphatic rings. The quantitative estimate of drug-likeness (QED) is 0.316. The van der Waals surface area contributed by atoms with Gasteiger partial charge in [-0.3, -0.25) is 24.6 Å². The second kappa shape index (κ2) is 9.86. The van der Waals surface area contributed by atoms with Gasteiger partial charge in [-0.25, -0.2) is 9.69 Å². The van der Waals surface area contributed by atoms with E-state index in [1.807, 2.05) is 6.07 Å². The first-order valence-corrected chi connectivity index (χ1v) is 11.0. The molecule has 178 valence electrons. The van der Waals surface area contributed by atoms with Crippen molar-refractivity contribution >= 4 is 29.2 Å². The largest absolute Gasteiger partial charge is 0.387 e. The number of carbonyl (C=O) groups excluding carboxylic acids is 3. The summed E-state index contributed by atoms with van der Waals surface area (Å²) in [6.45, 7) is 1.38. The third kappa shape index (κ3) is 4.53. The summed E-state index contributed by atoms with van der Waals surface area (Å²) in [5.74, 6) is -2.60. The number of para-hydroxylation sites is 2. The van der Waals surface area contributed by atoms with Crippen LogP contribution >= 0.6 is 0 Å². The molecule has 0 aromatic heterocycles. The van der Waals surface area contributed by atoms with Crippen molar-refractivity contribution in [1.29, 1.82) is 0 Å². The fraction of sp³-hybridized carbons (Fsp3) is 0.192. The molecule has 1 N–H and O–H groups in total. The molecular weight excluding hydrogens is 450 g/mol. The molecule has 3 aromatic rings. The van der Waals surface area contributed by atoms with E-state index < -0.39 is 40.8 Å². The van der Waals surface area contributed by atoms with Gasteiger partial charge in [-0.15, -0.1) is 0 Å². The second-order valence-electron chi connectivity index (χ2n) is 8.25. The Bertz CT molecular complexity index is 1260. The van der Waals surface area contributed by atoms with Crippen LogP contribution in [0.2, 0.25) is 0 Å². The van der Waals surface area contributed by atoms with E-state index in [1.165, 1.54) is 31.2 Å². The maximum absolute atomic E-state index is 13.6. The fourth-order valence-corrected chi connectivity index (χ4v) is 4.20. The van der Waals surface area contributed by atoms with Crippen LogP contribution in [0, 0.1) is 16.0 Å². The lowest BCUT2D eigenvalue weighted by Crippen LogP contribution is -2.45. The van der Waals surface area contributed by atoms with Crippen LogP contribution < -0.4 is 4.90 Å². The van der Waals surface area contributed by atoms with Crippen molar-refractivity contribution in [3.63, 3.8) is 0 Å². The molecule has 3 aromatic carbocycles. The molecule has 0 aliphatic carbocycles. The molecule has 1 aliphatic heterocycles. The van der Waals surface area contributed by atoms with Crippen LogP contribution in [0.4, 0.5) is 16.2 Å². The third-order valence-electron chi connectivity index (χ3n) is 6.05. The minimum Gasteiger partial charge on any atom is -0.387 e. The summed E-state index contributed by atoms with van der Waals surface area (Å²) in [5.41, 5.74) is 0.687. The Balaban J connectivity index is 1.70. The number of aliphatic hydroxyl groups excluding tert-OH is 1. The lowest BCUT2D eigenvalue weighted by Gasteiger charge is -2.26. The minimum atomic E-state index is -1.56. The maximum atomic E-state index is 13.6. The minimum absolute atomic E-state index is 0.0455. The average molecular weight is 473 g/mol. The molecule has 9 heteroatoms. The SMILES string of the molecule is C[C@H](C(=O)N1C(=O)N(c2ccccc2)C(=O)[C@@H]1Cc1ccccc1)[C@H](O)c1ccccc1[N+](=O)[O-]. The predicted octanol–water partition coefficient (Wildman–Crippen LogP) is 3.87. The monoisotopic (exact) mass is 473 g/mol. The Kier molecular flexibility index (Phi) is 6.70. The topological polar surface area (TPSA) is 121 Å². The van der Waals surface area contributed by atoms with Crippen molar-refractivity contribution in [2.75, 3.05) is 4.90 Å². The molecule has 0 spiro atoms. The van der Waals surface area contributed by atoms with Gasteiger partial charge in [-0.1, -0.05) is 67.6 Å². The second-order valence-corrected chi connectivity index (χ2v) is 8.25. The first-order valence-electron chi connectivity index (χ1n) is 11.0. The van der Waals surface area contributed by atoms with Gasteiger partial charge < -0.3 is 5.11 Å². The molecule has 4 rings (SSSR count). The van der Waals surface area contributed by atoms with Crippen molar-refractivity contribution in [2.45, 2.75) is 25.5 Å². The zero-order valence-corrected chi connectivity index (χ0v) is 18.9. The number of anilines is 1. The number of aliphatic hydroxyl groups is 1. The van der Waals surface area contributed by atoms with Crippen LogP contribution in [0.3, 0.4) is 0 Å². The Morgan fingerprint density at radius 1 is 0.971 bits per heavy atom. The lowest BCUT2D eigenvalue weighted by atomic mass is 9.94. The summed E-state index contributed by atoms with van der Waals surface area (Å²) >= 11 is 0. The molecule has 0 unspecified atom stereocenters. The van der Waals surface area contributed by atoms with Gasteiger partial charge in [0.1, 0.15) is 6.04 Å². The highest BCUT2D eigenvalue weighted by atomic mass is 16.6. The number of benzene rings is 3. The van der Waals surface area contributed by atoms with Gasteiger partial charge >= 0.3 is 6.03 Å². The molecule has 4 amide bonds. The van der Waals surface area contributed by atoms with Crippen molar-refractivity contribution in [3.8, 4) is 0 Å². The van der Waals surface area contributed by atoms with Crippen molar-refractivity contribution in [1.82, 2.24) is 4.90 Å². The number of hydrogen-bond donors (Lipinski definition) is 1. The van der Waals surface area contributed by atoms with E-state index in [0.717, 1.165) is 15.4 Å². The number of rotatable bonds is 7. The van der Waals surface area contributed by atoms with Gasteiger partial charge in [-0.05, 0) is 23.8 Å². The Hall–Kier alpha value is -4.37. The summed E-state index contributed by atoms with van der Waals surface area (Å²) < 4.78 is 0. The molecule has 3 atom stereocenters. The van der Waals surface area contributed by atoms with Crippen LogP contribution in [0.1, 0.15) is 24.2 Å². The number of carbonyl (C=O) groups is 3. The maximum Gasteiger partial charge on any atom is 0.338 e. The number of nitro benzene ring substituents is 1. The molecule has 35 heavy (non-hydrogen) atoms. The summed E-state index contributed by atoms with van der Waals surface area (Å²) in [7, 11) is 0. The van der Waals surface area contributed by atoms with Crippen molar-refractivity contribution in [2.24, 2.45) is 5.92 Å². The summed E-state index contributed by atoms with van der Waals surface area (Å²) in [6.07, 6.45) is -1.47. The van der Waals surface area contributed by atoms with Gasteiger partial charge in [0.25, 0.3) is 11.6 Å². The van der Waals surface area contributed by atoms with Gasteiger partial charge in [0.2, 0.25) is 5.91 Å². The highest BCUT2D eigenvalue weighted by Gasteiger charge is 2.50. The number of nitro groups is 1. The van der Waals surface area contributed by atoms with E-state index in [-0.39, 0.29) is 17.7 Å². The molecule has 1 fully saturated rings. The molecule has 0 radical (unpaired) electrons. The summed E-state index contributed by atoms with van der Waals surface area (Å²) in [5, 5.41) is 22.3. The highest BCUT2D eigenvalue weighted by Crippen LogP contribution is 2.34. The van der Waals surface area contributed by atoms with Crippen molar-refractivity contribution < 1.29 is 24.4 Å². The van der Waals surface area contributed by atoms with E-state index in [4.69, 9.17) is 0 Å². The molecule has 0 bridgehead atoms. The van der Waals surface area contributed by atoms with Crippen LogP contribution in [-0.2, 0) is 16.0 Å². The third-order valence-corrected chi connectivity index (χ3v) is 6.05. The van der Waals surface area contributed by atoms with Gasteiger partial charge in [0.05, 0.1) is 28.2 Å². The molecular formula is C26H23N3O6. The van der Waals surface area contributed by atoms with E-state index in [0.29, 0.717) is 5.69 Å². The van der Waals surface area contributed by atoms with Gasteiger partial charge in [-0.2, -0.15) is 0 Å². The van der Waals surface area contributed by atoms with Gasteiger partial charge in [0.15, 0.2) is 0 Å². The zero-order valence-electron chi connectivity index (χ0n) is 18.9. The van der Waals surface area contributed by atoms with Gasteiger partial charge in [0, 0.05) is 12.5 Å². The molecule has 1 heterocycles. The van der Waals surface area contributed by atoms with Crippen LogP contribution in [0.15, 0.2) is 84.9 Å². The average Bonchev–Trinajstić information content (AvgIpc) is 3.12. The standard InChI is InChI=1S/C26H23N3O6/c1-17(23(30)20-14-8-9-15-21(20)29(34)35)24(31)28-22(16-18-10-4-2-5-11-18)25(32)27(26(28)33)19-12-6-3-7-13-19/h2-15,17,22-23,30H,16H2,1H3/t17-,22-,23-/m0/s1. The fourth-order valence-electron chi connectivity index (χ4n) is 4.20. The summed E-state index contributed by atoms with van der Waals surface area (Å²) in [4.78, 5) is 53.0. The van der Waals surface area contributed by atoms with E-state index in [1.54, 1.807) is 54.6 Å². The number of hydrogen-bond acceptors (Lipinski definition) is 6.